The van der Waals surface area contributed by atoms with E-state index in [1.54, 1.807) is 13.8 Å². The summed E-state index contributed by atoms with van der Waals surface area (Å²) < 4.78 is 32.1. The fraction of sp³-hybridized carbons (Fsp3) is 0.474. The number of piperazine rings is 1. The first-order valence-corrected chi connectivity index (χ1v) is 10.5. The molecule has 1 fully saturated rings. The largest absolute Gasteiger partial charge is 0.360 e. The summed E-state index contributed by atoms with van der Waals surface area (Å²) in [6, 6.07) is 7.67. The standard InChI is InChI=1S/C19H25N3O4S/c1-4-16-5-7-17(8-6-16)18(23)13-21-9-11-22(12-10-21)27(24,25)19-14(2)20-26-15(19)3/h5-8H,4,9-13H2,1-3H3. The molecule has 146 valence electrons. The number of Topliss-reactive ketones (excluding diaryl/α,β-unsaturated/α-hetero) is 1. The number of carbonyl (C=O) groups is 1. The van der Waals surface area contributed by atoms with Crippen LogP contribution in [-0.4, -0.2) is 61.3 Å². The molecule has 0 radical (unpaired) electrons. The van der Waals surface area contributed by atoms with Crippen LogP contribution in [0, 0.1) is 13.8 Å². The molecule has 1 aliphatic rings. The molecule has 8 heteroatoms. The van der Waals surface area contributed by atoms with Crippen molar-refractivity contribution in [1.82, 2.24) is 14.4 Å². The Hall–Kier alpha value is -2.03. The second-order valence-electron chi connectivity index (χ2n) is 6.81. The topological polar surface area (TPSA) is 83.7 Å². The average Bonchev–Trinajstić information content (AvgIpc) is 3.01. The Kier molecular flexibility index (Phi) is 5.78. The first-order valence-electron chi connectivity index (χ1n) is 9.10. The number of rotatable bonds is 6. The van der Waals surface area contributed by atoms with E-state index in [1.807, 2.05) is 29.2 Å². The Morgan fingerprint density at radius 1 is 1.11 bits per heavy atom. The van der Waals surface area contributed by atoms with E-state index < -0.39 is 10.0 Å². The van der Waals surface area contributed by atoms with E-state index >= 15 is 0 Å². The van der Waals surface area contributed by atoms with Crippen LogP contribution in [0.25, 0.3) is 0 Å². The SMILES string of the molecule is CCc1ccc(C(=O)CN2CCN(S(=O)(=O)c3c(C)noc3C)CC2)cc1. The van der Waals surface area contributed by atoms with Gasteiger partial charge in [-0.15, -0.1) is 0 Å². The molecule has 0 N–H and O–H groups in total. The predicted octanol–water partition coefficient (Wildman–Crippen LogP) is 2.04. The summed E-state index contributed by atoms with van der Waals surface area (Å²) in [5.74, 6) is 0.361. The summed E-state index contributed by atoms with van der Waals surface area (Å²) in [5.41, 5.74) is 2.27. The third kappa shape index (κ3) is 4.12. The molecule has 3 rings (SSSR count). The number of carbonyl (C=O) groups excluding carboxylic acids is 1. The molecule has 27 heavy (non-hydrogen) atoms. The molecular weight excluding hydrogens is 366 g/mol. The van der Waals surface area contributed by atoms with Crippen molar-refractivity contribution in [2.75, 3.05) is 32.7 Å². The molecule has 2 aromatic rings. The predicted molar refractivity (Wildman–Crippen MR) is 101 cm³/mol. The van der Waals surface area contributed by atoms with E-state index in [4.69, 9.17) is 4.52 Å². The van der Waals surface area contributed by atoms with Gasteiger partial charge in [0.15, 0.2) is 11.5 Å². The zero-order valence-corrected chi connectivity index (χ0v) is 16.8. The van der Waals surface area contributed by atoms with E-state index in [-0.39, 0.29) is 10.7 Å². The lowest BCUT2D eigenvalue weighted by Crippen LogP contribution is -2.49. The Labute approximate surface area is 160 Å². The molecule has 0 unspecified atom stereocenters. The summed E-state index contributed by atoms with van der Waals surface area (Å²) in [4.78, 5) is 14.6. The van der Waals surface area contributed by atoms with E-state index in [1.165, 1.54) is 9.87 Å². The molecule has 0 bridgehead atoms. The highest BCUT2D eigenvalue weighted by atomic mass is 32.2. The van der Waals surface area contributed by atoms with E-state index in [0.717, 1.165) is 6.42 Å². The summed E-state index contributed by atoms with van der Waals surface area (Å²) >= 11 is 0. The number of hydrogen-bond donors (Lipinski definition) is 0. The van der Waals surface area contributed by atoms with Crippen LogP contribution in [0.3, 0.4) is 0 Å². The van der Waals surface area contributed by atoms with E-state index in [9.17, 15) is 13.2 Å². The third-order valence-electron chi connectivity index (χ3n) is 4.95. The minimum absolute atomic E-state index is 0.0553. The molecule has 1 aromatic carbocycles. The maximum absolute atomic E-state index is 12.8. The van der Waals surface area contributed by atoms with Gasteiger partial charge >= 0.3 is 0 Å². The van der Waals surface area contributed by atoms with Crippen molar-refractivity contribution in [3.05, 3.63) is 46.8 Å². The van der Waals surface area contributed by atoms with Crippen LogP contribution in [0.1, 0.15) is 34.3 Å². The van der Waals surface area contributed by atoms with Gasteiger partial charge in [-0.2, -0.15) is 4.31 Å². The highest BCUT2D eigenvalue weighted by Crippen LogP contribution is 2.24. The number of sulfonamides is 1. The highest BCUT2D eigenvalue weighted by Gasteiger charge is 2.33. The van der Waals surface area contributed by atoms with Gasteiger partial charge in [-0.3, -0.25) is 9.69 Å². The van der Waals surface area contributed by atoms with Crippen LogP contribution in [-0.2, 0) is 16.4 Å². The first-order chi connectivity index (χ1) is 12.8. The fourth-order valence-electron chi connectivity index (χ4n) is 3.32. The van der Waals surface area contributed by atoms with Gasteiger partial charge in [-0.05, 0) is 25.8 Å². The highest BCUT2D eigenvalue weighted by molar-refractivity contribution is 7.89. The number of hydrogen-bond acceptors (Lipinski definition) is 6. The second-order valence-corrected chi connectivity index (χ2v) is 8.68. The molecule has 0 spiro atoms. The molecular formula is C19H25N3O4S. The summed E-state index contributed by atoms with van der Waals surface area (Å²) in [5, 5.41) is 3.74. The molecule has 0 atom stereocenters. The number of nitrogens with zero attached hydrogens (tertiary/aromatic N) is 3. The zero-order valence-electron chi connectivity index (χ0n) is 15.9. The van der Waals surface area contributed by atoms with Gasteiger partial charge in [-0.25, -0.2) is 8.42 Å². The van der Waals surface area contributed by atoms with Gasteiger partial charge in [-0.1, -0.05) is 36.3 Å². The molecule has 1 aliphatic heterocycles. The molecule has 0 saturated carbocycles. The van der Waals surface area contributed by atoms with Crippen molar-refractivity contribution in [1.29, 1.82) is 0 Å². The first kappa shape index (κ1) is 19.7. The Morgan fingerprint density at radius 3 is 2.26 bits per heavy atom. The minimum atomic E-state index is -3.63. The monoisotopic (exact) mass is 391 g/mol. The van der Waals surface area contributed by atoms with Crippen LogP contribution in [0.15, 0.2) is 33.7 Å². The maximum Gasteiger partial charge on any atom is 0.248 e. The van der Waals surface area contributed by atoms with E-state index in [0.29, 0.717) is 49.7 Å². The van der Waals surface area contributed by atoms with Crippen LogP contribution >= 0.6 is 0 Å². The van der Waals surface area contributed by atoms with Gasteiger partial charge < -0.3 is 4.52 Å². The van der Waals surface area contributed by atoms with Gasteiger partial charge in [0, 0.05) is 31.7 Å². The number of benzene rings is 1. The molecule has 0 aliphatic carbocycles. The van der Waals surface area contributed by atoms with Crippen molar-refractivity contribution in [2.45, 2.75) is 32.1 Å². The van der Waals surface area contributed by atoms with Crippen molar-refractivity contribution in [3.63, 3.8) is 0 Å². The fourth-order valence-corrected chi connectivity index (χ4v) is 5.03. The molecule has 1 aromatic heterocycles. The normalized spacial score (nSPS) is 16.6. The summed E-state index contributed by atoms with van der Waals surface area (Å²) in [7, 11) is -3.63. The average molecular weight is 391 g/mol. The van der Waals surface area contributed by atoms with Gasteiger partial charge in [0.25, 0.3) is 0 Å². The van der Waals surface area contributed by atoms with Gasteiger partial charge in [0.05, 0.1) is 6.54 Å². The van der Waals surface area contributed by atoms with Crippen molar-refractivity contribution >= 4 is 15.8 Å². The molecule has 1 saturated heterocycles. The third-order valence-corrected chi connectivity index (χ3v) is 7.09. The lowest BCUT2D eigenvalue weighted by molar-refractivity contribution is 0.0901. The summed E-state index contributed by atoms with van der Waals surface area (Å²) in [6.07, 6.45) is 0.941. The van der Waals surface area contributed by atoms with E-state index in [2.05, 4.69) is 12.1 Å². The summed E-state index contributed by atoms with van der Waals surface area (Å²) in [6.45, 7) is 7.32. The molecule has 7 nitrogen and oxygen atoms in total. The maximum atomic E-state index is 12.8. The van der Waals surface area contributed by atoms with Crippen molar-refractivity contribution in [2.24, 2.45) is 0 Å². The zero-order chi connectivity index (χ0) is 19.6. The second kappa shape index (κ2) is 7.92. The van der Waals surface area contributed by atoms with Gasteiger partial charge in [0.2, 0.25) is 10.0 Å². The smallest absolute Gasteiger partial charge is 0.248 e. The lowest BCUT2D eigenvalue weighted by atomic mass is 10.1. The van der Waals surface area contributed by atoms with Crippen molar-refractivity contribution in [3.8, 4) is 0 Å². The molecule has 0 amide bonds. The quantitative estimate of drug-likeness (QED) is 0.701. The van der Waals surface area contributed by atoms with Gasteiger partial charge in [0.1, 0.15) is 10.6 Å². The Balaban J connectivity index is 1.61. The minimum Gasteiger partial charge on any atom is -0.360 e. The van der Waals surface area contributed by atoms with Crippen LogP contribution in [0.5, 0.6) is 0 Å². The van der Waals surface area contributed by atoms with Crippen molar-refractivity contribution < 1.29 is 17.7 Å². The van der Waals surface area contributed by atoms with Crippen LogP contribution in [0.2, 0.25) is 0 Å². The number of aromatic nitrogens is 1. The Bertz CT molecular complexity index is 891. The van der Waals surface area contributed by atoms with Crippen LogP contribution in [0.4, 0.5) is 0 Å². The Morgan fingerprint density at radius 2 is 1.74 bits per heavy atom. The lowest BCUT2D eigenvalue weighted by Gasteiger charge is -2.33. The number of aryl methyl sites for hydroxylation is 3. The van der Waals surface area contributed by atoms with Crippen LogP contribution < -0.4 is 0 Å². The molecule has 2 heterocycles. The number of ketones is 1.